The second kappa shape index (κ2) is 9.31. The minimum atomic E-state index is 0.0164. The van der Waals surface area contributed by atoms with Crippen LogP contribution in [0.25, 0.3) is 0 Å². The van der Waals surface area contributed by atoms with Gasteiger partial charge in [0.2, 0.25) is 5.91 Å². The highest BCUT2D eigenvalue weighted by Gasteiger charge is 2.22. The number of aryl methyl sites for hydroxylation is 2. The minimum Gasteiger partial charge on any atom is -0.341 e. The maximum atomic E-state index is 12.6. The molecule has 1 saturated heterocycles. The lowest BCUT2D eigenvalue weighted by Crippen LogP contribution is -2.37. The fourth-order valence-electron chi connectivity index (χ4n) is 3.40. The van der Waals surface area contributed by atoms with Gasteiger partial charge in [-0.05, 0) is 42.5 Å². The summed E-state index contributed by atoms with van der Waals surface area (Å²) in [5, 5.41) is 0. The molecule has 0 aliphatic carbocycles. The quantitative estimate of drug-likeness (QED) is 0.819. The smallest absolute Gasteiger partial charge is 0.254 e. The van der Waals surface area contributed by atoms with E-state index in [0.717, 1.165) is 19.3 Å². The zero-order chi connectivity index (χ0) is 19.1. The van der Waals surface area contributed by atoms with Crippen molar-refractivity contribution in [2.45, 2.75) is 32.6 Å². The summed E-state index contributed by atoms with van der Waals surface area (Å²) in [7, 11) is 0. The van der Waals surface area contributed by atoms with Crippen molar-refractivity contribution in [2.75, 3.05) is 26.2 Å². The predicted molar refractivity (Wildman–Crippen MR) is 105 cm³/mol. The number of rotatable bonds is 5. The summed E-state index contributed by atoms with van der Waals surface area (Å²) in [5.41, 5.74) is 3.17. The van der Waals surface area contributed by atoms with Gasteiger partial charge in [-0.15, -0.1) is 0 Å². The van der Waals surface area contributed by atoms with Crippen LogP contribution < -0.4 is 0 Å². The van der Waals surface area contributed by atoms with Crippen molar-refractivity contribution < 1.29 is 9.59 Å². The first-order chi connectivity index (χ1) is 13.2. The van der Waals surface area contributed by atoms with Crippen LogP contribution in [0.5, 0.6) is 0 Å². The highest BCUT2D eigenvalue weighted by Crippen LogP contribution is 2.12. The van der Waals surface area contributed by atoms with Crippen LogP contribution in [0.15, 0.2) is 48.8 Å². The lowest BCUT2D eigenvalue weighted by atomic mass is 10.1. The van der Waals surface area contributed by atoms with Gasteiger partial charge in [0.25, 0.3) is 5.91 Å². The Morgan fingerprint density at radius 2 is 1.52 bits per heavy atom. The van der Waals surface area contributed by atoms with E-state index in [9.17, 15) is 9.59 Å². The monoisotopic (exact) mass is 365 g/mol. The number of hydrogen-bond donors (Lipinski definition) is 0. The van der Waals surface area contributed by atoms with Crippen LogP contribution in [0.4, 0.5) is 0 Å². The van der Waals surface area contributed by atoms with E-state index in [0.29, 0.717) is 38.2 Å². The van der Waals surface area contributed by atoms with Crippen LogP contribution in [-0.4, -0.2) is 52.8 Å². The van der Waals surface area contributed by atoms with Gasteiger partial charge >= 0.3 is 0 Å². The normalized spacial score (nSPS) is 14.7. The summed E-state index contributed by atoms with van der Waals surface area (Å²) < 4.78 is 0. The maximum Gasteiger partial charge on any atom is 0.254 e. The van der Waals surface area contributed by atoms with Gasteiger partial charge in [-0.3, -0.25) is 14.6 Å². The van der Waals surface area contributed by atoms with Crippen molar-refractivity contribution in [3.63, 3.8) is 0 Å². The largest absolute Gasteiger partial charge is 0.341 e. The Hall–Kier alpha value is -2.69. The molecule has 5 heteroatoms. The van der Waals surface area contributed by atoms with Gasteiger partial charge in [0.05, 0.1) is 0 Å². The second-order valence-electron chi connectivity index (χ2n) is 6.93. The molecule has 3 rings (SSSR count). The average molecular weight is 365 g/mol. The summed E-state index contributed by atoms with van der Waals surface area (Å²) in [4.78, 5) is 32.9. The third-order valence-electron chi connectivity index (χ3n) is 5.12. The Labute approximate surface area is 161 Å². The number of carbonyl (C=O) groups is 2. The third kappa shape index (κ3) is 5.16. The van der Waals surface area contributed by atoms with Gasteiger partial charge < -0.3 is 9.80 Å². The molecule has 1 aromatic heterocycles. The van der Waals surface area contributed by atoms with Crippen molar-refractivity contribution in [3.05, 3.63) is 65.5 Å². The molecule has 0 unspecified atom stereocenters. The first-order valence-corrected chi connectivity index (χ1v) is 9.72. The highest BCUT2D eigenvalue weighted by atomic mass is 16.2. The lowest BCUT2D eigenvalue weighted by Gasteiger charge is -2.22. The van der Waals surface area contributed by atoms with Crippen molar-refractivity contribution in [3.8, 4) is 0 Å². The fourth-order valence-corrected chi connectivity index (χ4v) is 3.40. The number of nitrogens with zero attached hydrogens (tertiary/aromatic N) is 3. The van der Waals surface area contributed by atoms with E-state index >= 15 is 0 Å². The van der Waals surface area contributed by atoms with E-state index in [1.54, 1.807) is 24.5 Å². The molecule has 5 nitrogen and oxygen atoms in total. The van der Waals surface area contributed by atoms with Crippen molar-refractivity contribution in [2.24, 2.45) is 0 Å². The van der Waals surface area contributed by atoms with Crippen LogP contribution in [0, 0.1) is 0 Å². The number of pyridine rings is 1. The lowest BCUT2D eigenvalue weighted by molar-refractivity contribution is -0.131. The predicted octanol–water partition coefficient (Wildman–Crippen LogP) is 2.95. The van der Waals surface area contributed by atoms with E-state index < -0.39 is 0 Å². The zero-order valence-electron chi connectivity index (χ0n) is 15.9. The molecule has 1 aliphatic rings. The molecule has 0 N–H and O–H groups in total. The molecule has 0 spiro atoms. The Kier molecular flexibility index (Phi) is 6.58. The molecule has 1 aromatic carbocycles. The Balaban J connectivity index is 1.51. The molecule has 0 saturated carbocycles. The standard InChI is InChI=1S/C22H27N3O2/c1-2-18-4-6-19(7-5-18)8-9-21(26)24-14-3-15-25(17-16-24)22(27)20-10-12-23-13-11-20/h4-7,10-13H,2-3,8-9,14-17H2,1H3. The molecule has 0 radical (unpaired) electrons. The van der Waals surface area contributed by atoms with E-state index in [4.69, 9.17) is 0 Å². The first-order valence-electron chi connectivity index (χ1n) is 9.72. The van der Waals surface area contributed by atoms with Crippen LogP contribution in [-0.2, 0) is 17.6 Å². The van der Waals surface area contributed by atoms with Crippen LogP contribution >= 0.6 is 0 Å². The van der Waals surface area contributed by atoms with Crippen molar-refractivity contribution in [1.82, 2.24) is 14.8 Å². The molecule has 142 valence electrons. The molecule has 2 heterocycles. The molecular weight excluding hydrogens is 338 g/mol. The number of carbonyl (C=O) groups excluding carboxylic acids is 2. The first kappa shape index (κ1) is 19.1. The minimum absolute atomic E-state index is 0.0164. The summed E-state index contributed by atoms with van der Waals surface area (Å²) >= 11 is 0. The Bertz CT molecular complexity index is 759. The number of benzene rings is 1. The van der Waals surface area contributed by atoms with Crippen LogP contribution in [0.2, 0.25) is 0 Å². The third-order valence-corrected chi connectivity index (χ3v) is 5.12. The summed E-state index contributed by atoms with van der Waals surface area (Å²) in [6.07, 6.45) is 6.39. The molecule has 2 aromatic rings. The highest BCUT2D eigenvalue weighted by molar-refractivity contribution is 5.94. The van der Waals surface area contributed by atoms with Crippen molar-refractivity contribution in [1.29, 1.82) is 0 Å². The van der Waals surface area contributed by atoms with E-state index in [1.165, 1.54) is 11.1 Å². The average Bonchev–Trinajstić information content (AvgIpc) is 2.99. The van der Waals surface area contributed by atoms with E-state index in [2.05, 4.69) is 36.2 Å². The molecule has 0 atom stereocenters. The molecule has 1 fully saturated rings. The molecule has 27 heavy (non-hydrogen) atoms. The van der Waals surface area contributed by atoms with Gasteiger partial charge in [-0.2, -0.15) is 0 Å². The van der Waals surface area contributed by atoms with Gasteiger partial charge in [0.1, 0.15) is 0 Å². The van der Waals surface area contributed by atoms with Gasteiger partial charge in [0, 0.05) is 50.6 Å². The zero-order valence-corrected chi connectivity index (χ0v) is 15.9. The fraction of sp³-hybridized carbons (Fsp3) is 0.409. The van der Waals surface area contributed by atoms with Crippen LogP contribution in [0.1, 0.15) is 41.3 Å². The topological polar surface area (TPSA) is 53.5 Å². The van der Waals surface area contributed by atoms with Crippen molar-refractivity contribution >= 4 is 11.8 Å². The van der Waals surface area contributed by atoms with E-state index in [-0.39, 0.29) is 11.8 Å². The summed E-state index contributed by atoms with van der Waals surface area (Å²) in [6.45, 7) is 4.72. The molecular formula is C22H27N3O2. The maximum absolute atomic E-state index is 12.6. The number of hydrogen-bond acceptors (Lipinski definition) is 3. The molecule has 2 amide bonds. The summed E-state index contributed by atoms with van der Waals surface area (Å²) in [5.74, 6) is 0.190. The second-order valence-corrected chi connectivity index (χ2v) is 6.93. The Morgan fingerprint density at radius 3 is 2.22 bits per heavy atom. The Morgan fingerprint density at radius 1 is 0.889 bits per heavy atom. The summed E-state index contributed by atoms with van der Waals surface area (Å²) in [6, 6.07) is 12.0. The van der Waals surface area contributed by atoms with Crippen LogP contribution in [0.3, 0.4) is 0 Å². The SMILES string of the molecule is CCc1ccc(CCC(=O)N2CCCN(C(=O)c3ccncc3)CC2)cc1. The van der Waals surface area contributed by atoms with E-state index in [1.807, 2.05) is 9.80 Å². The van der Waals surface area contributed by atoms with Gasteiger partial charge in [-0.25, -0.2) is 0 Å². The number of amides is 2. The number of aromatic nitrogens is 1. The van der Waals surface area contributed by atoms with Gasteiger partial charge in [-0.1, -0.05) is 31.2 Å². The molecule has 0 bridgehead atoms. The molecule has 1 aliphatic heterocycles. The van der Waals surface area contributed by atoms with Gasteiger partial charge in [0.15, 0.2) is 0 Å².